The summed E-state index contributed by atoms with van der Waals surface area (Å²) in [6.45, 7) is 0.278. The molecule has 1 rings (SSSR count). The van der Waals surface area contributed by atoms with Crippen molar-refractivity contribution in [3.63, 3.8) is 0 Å². The molecule has 0 aliphatic rings. The average molecular weight is 187 g/mol. The molecule has 0 spiro atoms. The molecule has 0 fully saturated rings. The van der Waals surface area contributed by atoms with Gasteiger partial charge >= 0.3 is 5.97 Å². The minimum absolute atomic E-state index is 0.0125. The van der Waals surface area contributed by atoms with Crippen LogP contribution in [0.2, 0.25) is 0 Å². The summed E-state index contributed by atoms with van der Waals surface area (Å²) in [5.41, 5.74) is 0. The minimum Gasteiger partial charge on any atom is -0.481 e. The van der Waals surface area contributed by atoms with Gasteiger partial charge in [-0.25, -0.2) is 4.68 Å². The van der Waals surface area contributed by atoms with Crippen molar-refractivity contribution < 1.29 is 9.90 Å². The molecule has 0 unspecified atom stereocenters. The van der Waals surface area contributed by atoms with Gasteiger partial charge in [-0.2, -0.15) is 0 Å². The number of hydrogen-bond donors (Lipinski definition) is 1. The normalized spacial score (nSPS) is 10.1. The average Bonchev–Trinajstić information content (AvgIpc) is 2.47. The van der Waals surface area contributed by atoms with Crippen molar-refractivity contribution in [3.8, 4) is 0 Å². The van der Waals surface area contributed by atoms with Gasteiger partial charge in [-0.15, -0.1) is 5.10 Å². The summed E-state index contributed by atoms with van der Waals surface area (Å²) < 4.78 is 1.41. The van der Waals surface area contributed by atoms with E-state index in [4.69, 9.17) is 5.11 Å². The van der Waals surface area contributed by atoms with Crippen LogP contribution in [0.5, 0.6) is 0 Å². The molecule has 1 aromatic heterocycles. The van der Waals surface area contributed by atoms with Crippen LogP contribution in [0.4, 0.5) is 0 Å². The van der Waals surface area contributed by atoms with Crippen molar-refractivity contribution in [2.24, 2.45) is 0 Å². The predicted octanol–water partition coefficient (Wildman–Crippen LogP) is 0.0315. The number of aryl methyl sites for hydroxylation is 1. The molecule has 0 saturated carbocycles. The van der Waals surface area contributed by atoms with E-state index in [2.05, 4.69) is 21.8 Å². The first-order valence-electron chi connectivity index (χ1n) is 3.14. The van der Waals surface area contributed by atoms with Gasteiger partial charge in [-0.05, 0) is 10.4 Å². The maximum Gasteiger partial charge on any atom is 0.305 e. The van der Waals surface area contributed by atoms with Gasteiger partial charge in [0.1, 0.15) is 0 Å². The number of aliphatic carboxylic acids is 1. The Morgan fingerprint density at radius 3 is 3.08 bits per heavy atom. The lowest BCUT2D eigenvalue weighted by Gasteiger charge is -1.97. The Morgan fingerprint density at radius 2 is 2.50 bits per heavy atom. The van der Waals surface area contributed by atoms with Crippen LogP contribution >= 0.6 is 11.8 Å². The molecule has 1 radical (unpaired) electrons. The molecule has 6 nitrogen and oxygen atoms in total. The SMILES string of the molecule is [CH2]Sc1nnnn1CCC(=O)O. The molecular formula is C5H7N4O2S. The molecular weight excluding hydrogens is 180 g/mol. The Kier molecular flexibility index (Phi) is 3.03. The van der Waals surface area contributed by atoms with Gasteiger partial charge in [-0.3, -0.25) is 4.79 Å². The van der Waals surface area contributed by atoms with E-state index in [9.17, 15) is 4.79 Å². The third-order valence-corrected chi connectivity index (χ3v) is 1.72. The van der Waals surface area contributed by atoms with Gasteiger partial charge in [0, 0.05) is 6.26 Å². The predicted molar refractivity (Wildman–Crippen MR) is 41.3 cm³/mol. The standard InChI is InChI=1S/C5H7N4O2S/c1-12-5-6-7-8-9(5)3-2-4(10)11/h1-3H2,(H,10,11). The number of carboxylic acid groups (broad SMARTS) is 1. The lowest BCUT2D eigenvalue weighted by atomic mass is 10.4. The highest BCUT2D eigenvalue weighted by atomic mass is 32.2. The van der Waals surface area contributed by atoms with Crippen LogP contribution in [-0.4, -0.2) is 31.3 Å². The van der Waals surface area contributed by atoms with Crippen LogP contribution in [0.15, 0.2) is 5.16 Å². The van der Waals surface area contributed by atoms with E-state index < -0.39 is 5.97 Å². The number of tetrazole rings is 1. The van der Waals surface area contributed by atoms with Crippen LogP contribution in [0.25, 0.3) is 0 Å². The van der Waals surface area contributed by atoms with E-state index >= 15 is 0 Å². The number of carboxylic acids is 1. The van der Waals surface area contributed by atoms with Gasteiger partial charge in [-0.1, -0.05) is 11.8 Å². The first kappa shape index (κ1) is 8.98. The highest BCUT2D eigenvalue weighted by molar-refractivity contribution is 8.00. The van der Waals surface area contributed by atoms with Crippen LogP contribution in [0, 0.1) is 6.26 Å². The second-order valence-corrected chi connectivity index (χ2v) is 2.63. The van der Waals surface area contributed by atoms with E-state index in [1.807, 2.05) is 0 Å². The summed E-state index contributed by atoms with van der Waals surface area (Å²) >= 11 is 1.14. The topological polar surface area (TPSA) is 80.9 Å². The molecule has 0 amide bonds. The van der Waals surface area contributed by atoms with Crippen molar-refractivity contribution >= 4 is 17.7 Å². The van der Waals surface area contributed by atoms with Gasteiger partial charge < -0.3 is 5.11 Å². The minimum atomic E-state index is -0.870. The first-order valence-corrected chi connectivity index (χ1v) is 4.12. The number of carbonyl (C=O) groups is 1. The lowest BCUT2D eigenvalue weighted by molar-refractivity contribution is -0.137. The molecule has 0 aliphatic heterocycles. The second-order valence-electron chi connectivity index (χ2n) is 1.97. The largest absolute Gasteiger partial charge is 0.481 e. The molecule has 0 bridgehead atoms. The zero-order valence-corrected chi connectivity index (χ0v) is 6.99. The zero-order chi connectivity index (χ0) is 8.97. The van der Waals surface area contributed by atoms with Crippen LogP contribution in [0.1, 0.15) is 6.42 Å². The summed E-state index contributed by atoms with van der Waals surface area (Å²) in [6.07, 6.45) is 3.53. The van der Waals surface area contributed by atoms with Crippen LogP contribution in [-0.2, 0) is 11.3 Å². The van der Waals surface area contributed by atoms with E-state index in [1.54, 1.807) is 0 Å². The zero-order valence-electron chi connectivity index (χ0n) is 6.17. The summed E-state index contributed by atoms with van der Waals surface area (Å²) in [7, 11) is 0. The number of rotatable bonds is 4. The Labute approximate surface area is 73.0 Å². The van der Waals surface area contributed by atoms with Crippen LogP contribution < -0.4 is 0 Å². The van der Waals surface area contributed by atoms with Crippen molar-refractivity contribution in [2.45, 2.75) is 18.1 Å². The fourth-order valence-electron chi connectivity index (χ4n) is 0.642. The van der Waals surface area contributed by atoms with Gasteiger partial charge in [0.15, 0.2) is 0 Å². The van der Waals surface area contributed by atoms with Gasteiger partial charge in [0.2, 0.25) is 5.16 Å². The number of nitrogens with zero attached hydrogens (tertiary/aromatic N) is 4. The smallest absolute Gasteiger partial charge is 0.305 e. The fraction of sp³-hybridized carbons (Fsp3) is 0.400. The molecule has 1 heterocycles. The van der Waals surface area contributed by atoms with Gasteiger partial charge in [0.05, 0.1) is 13.0 Å². The third-order valence-electron chi connectivity index (χ3n) is 1.17. The van der Waals surface area contributed by atoms with E-state index in [0.717, 1.165) is 11.8 Å². The van der Waals surface area contributed by atoms with Crippen molar-refractivity contribution in [1.82, 2.24) is 20.2 Å². The quantitative estimate of drug-likeness (QED) is 0.670. The van der Waals surface area contributed by atoms with E-state index in [0.29, 0.717) is 5.16 Å². The van der Waals surface area contributed by atoms with Crippen molar-refractivity contribution in [1.29, 1.82) is 0 Å². The molecule has 0 aromatic carbocycles. The molecule has 65 valence electrons. The number of aromatic nitrogens is 4. The highest BCUT2D eigenvalue weighted by Gasteiger charge is 2.05. The van der Waals surface area contributed by atoms with Crippen molar-refractivity contribution in [2.75, 3.05) is 0 Å². The summed E-state index contributed by atoms with van der Waals surface area (Å²) in [5.74, 6) is -0.870. The number of thioether (sulfide) groups is 1. The second kappa shape index (κ2) is 4.05. The molecule has 12 heavy (non-hydrogen) atoms. The highest BCUT2D eigenvalue weighted by Crippen LogP contribution is 2.10. The monoisotopic (exact) mass is 187 g/mol. The van der Waals surface area contributed by atoms with Crippen LogP contribution in [0.3, 0.4) is 0 Å². The van der Waals surface area contributed by atoms with Crippen molar-refractivity contribution in [3.05, 3.63) is 6.26 Å². The fourth-order valence-corrected chi connectivity index (χ4v) is 1.01. The van der Waals surface area contributed by atoms with Gasteiger partial charge in [0.25, 0.3) is 0 Å². The molecule has 1 N–H and O–H groups in total. The number of hydrogen-bond acceptors (Lipinski definition) is 5. The Bertz CT molecular complexity index is 274. The molecule has 7 heteroatoms. The lowest BCUT2D eigenvalue weighted by Crippen LogP contribution is -2.06. The molecule has 1 aromatic rings. The molecule has 0 saturated heterocycles. The summed E-state index contributed by atoms with van der Waals surface area (Å²) in [5, 5.41) is 19.5. The third kappa shape index (κ3) is 2.19. The first-order chi connectivity index (χ1) is 5.74. The summed E-state index contributed by atoms with van der Waals surface area (Å²) in [6, 6.07) is 0. The molecule has 0 aliphatic carbocycles. The molecule has 0 atom stereocenters. The Hall–Kier alpha value is -1.11. The Morgan fingerprint density at radius 1 is 1.75 bits per heavy atom. The summed E-state index contributed by atoms with van der Waals surface area (Å²) in [4.78, 5) is 10.2. The Balaban J connectivity index is 2.56. The maximum absolute atomic E-state index is 10.2. The van der Waals surface area contributed by atoms with E-state index in [1.165, 1.54) is 4.68 Å². The maximum atomic E-state index is 10.2. The van der Waals surface area contributed by atoms with E-state index in [-0.39, 0.29) is 13.0 Å².